The second kappa shape index (κ2) is 8.58. The van der Waals surface area contributed by atoms with Gasteiger partial charge in [0.1, 0.15) is 0 Å². The maximum atomic E-state index is 12.2. The van der Waals surface area contributed by atoms with E-state index in [1.54, 1.807) is 23.5 Å². The summed E-state index contributed by atoms with van der Waals surface area (Å²) in [6, 6.07) is 14.9. The van der Waals surface area contributed by atoms with Gasteiger partial charge in [-0.2, -0.15) is 0 Å². The minimum atomic E-state index is -0.173. The van der Waals surface area contributed by atoms with Crippen LogP contribution in [0.3, 0.4) is 0 Å². The summed E-state index contributed by atoms with van der Waals surface area (Å²) in [5.74, 6) is -0.300. The Labute approximate surface area is 156 Å². The SMILES string of the molecule is COC(=O)CCCCc1nc2ccc(NC(=O)c3ccccc3)cc2s1. The predicted molar refractivity (Wildman–Crippen MR) is 104 cm³/mol. The van der Waals surface area contributed by atoms with E-state index in [2.05, 4.69) is 15.0 Å². The Bertz CT molecular complexity index is 906. The van der Waals surface area contributed by atoms with Crippen molar-refractivity contribution in [2.45, 2.75) is 25.7 Å². The lowest BCUT2D eigenvalue weighted by atomic mass is 10.2. The van der Waals surface area contributed by atoms with Crippen LogP contribution in [0.4, 0.5) is 5.69 Å². The lowest BCUT2D eigenvalue weighted by molar-refractivity contribution is -0.140. The number of esters is 1. The number of carbonyl (C=O) groups excluding carboxylic acids is 2. The zero-order chi connectivity index (χ0) is 18.4. The number of carbonyl (C=O) groups is 2. The molecule has 0 saturated heterocycles. The fourth-order valence-electron chi connectivity index (χ4n) is 2.60. The van der Waals surface area contributed by atoms with Gasteiger partial charge < -0.3 is 10.1 Å². The average Bonchev–Trinajstić information content (AvgIpc) is 3.07. The Balaban J connectivity index is 1.62. The van der Waals surface area contributed by atoms with Gasteiger partial charge in [-0.3, -0.25) is 9.59 Å². The van der Waals surface area contributed by atoms with Crippen LogP contribution in [0.5, 0.6) is 0 Å². The molecule has 2 aromatic carbocycles. The molecule has 0 aliphatic rings. The third-order valence-corrected chi connectivity index (χ3v) is 5.05. The maximum Gasteiger partial charge on any atom is 0.305 e. The molecule has 3 aromatic rings. The Morgan fingerprint density at radius 2 is 1.92 bits per heavy atom. The van der Waals surface area contributed by atoms with Crippen LogP contribution >= 0.6 is 11.3 Å². The van der Waals surface area contributed by atoms with Crippen molar-refractivity contribution >= 4 is 39.1 Å². The molecule has 3 rings (SSSR count). The van der Waals surface area contributed by atoms with Crippen molar-refractivity contribution < 1.29 is 14.3 Å². The number of anilines is 1. The molecule has 0 saturated carbocycles. The zero-order valence-corrected chi connectivity index (χ0v) is 15.3. The van der Waals surface area contributed by atoms with E-state index < -0.39 is 0 Å². The summed E-state index contributed by atoms with van der Waals surface area (Å²) in [7, 11) is 1.41. The molecule has 6 heteroatoms. The van der Waals surface area contributed by atoms with Gasteiger partial charge in [-0.15, -0.1) is 11.3 Å². The van der Waals surface area contributed by atoms with Crippen LogP contribution in [0, 0.1) is 0 Å². The van der Waals surface area contributed by atoms with E-state index in [-0.39, 0.29) is 11.9 Å². The Kier molecular flexibility index (Phi) is 5.96. The quantitative estimate of drug-likeness (QED) is 0.495. The van der Waals surface area contributed by atoms with E-state index in [0.717, 1.165) is 40.2 Å². The highest BCUT2D eigenvalue weighted by Crippen LogP contribution is 2.26. The summed E-state index contributed by atoms with van der Waals surface area (Å²) < 4.78 is 5.68. The van der Waals surface area contributed by atoms with Gasteiger partial charge in [0.2, 0.25) is 0 Å². The number of ether oxygens (including phenoxy) is 1. The number of fused-ring (bicyclic) bond motifs is 1. The number of hydrogen-bond acceptors (Lipinski definition) is 5. The summed E-state index contributed by atoms with van der Waals surface area (Å²) in [5, 5.41) is 3.96. The fourth-order valence-corrected chi connectivity index (χ4v) is 3.65. The number of unbranched alkanes of at least 4 members (excludes halogenated alkanes) is 1. The first-order chi connectivity index (χ1) is 12.7. The highest BCUT2D eigenvalue weighted by Gasteiger charge is 2.09. The van der Waals surface area contributed by atoms with E-state index in [4.69, 9.17) is 0 Å². The summed E-state index contributed by atoms with van der Waals surface area (Å²) in [4.78, 5) is 28.0. The van der Waals surface area contributed by atoms with Crippen molar-refractivity contribution in [1.82, 2.24) is 4.98 Å². The molecule has 134 valence electrons. The first-order valence-electron chi connectivity index (χ1n) is 8.48. The van der Waals surface area contributed by atoms with Gasteiger partial charge in [0, 0.05) is 17.7 Å². The molecule has 1 amide bonds. The fraction of sp³-hybridized carbons (Fsp3) is 0.250. The molecule has 1 heterocycles. The third-order valence-electron chi connectivity index (χ3n) is 3.98. The minimum absolute atomic E-state index is 0.127. The largest absolute Gasteiger partial charge is 0.469 e. The van der Waals surface area contributed by atoms with E-state index in [1.807, 2.05) is 36.4 Å². The molecule has 0 fully saturated rings. The van der Waals surface area contributed by atoms with E-state index in [9.17, 15) is 9.59 Å². The topological polar surface area (TPSA) is 68.3 Å². The van der Waals surface area contributed by atoms with Gasteiger partial charge >= 0.3 is 5.97 Å². The number of thiazole rings is 1. The van der Waals surface area contributed by atoms with Crippen molar-refractivity contribution in [3.8, 4) is 0 Å². The Morgan fingerprint density at radius 1 is 1.12 bits per heavy atom. The van der Waals surface area contributed by atoms with Gasteiger partial charge in [-0.1, -0.05) is 18.2 Å². The van der Waals surface area contributed by atoms with Crippen molar-refractivity contribution in [2.75, 3.05) is 12.4 Å². The maximum absolute atomic E-state index is 12.2. The summed E-state index contributed by atoms with van der Waals surface area (Å²) in [5.41, 5.74) is 2.31. The number of aryl methyl sites for hydroxylation is 1. The Hall–Kier alpha value is -2.73. The standard InChI is InChI=1S/C20H20N2O3S/c1-25-19(23)10-6-5-9-18-22-16-12-11-15(13-17(16)26-18)21-20(24)14-7-3-2-4-8-14/h2-4,7-8,11-13H,5-6,9-10H2,1H3,(H,21,24). The molecule has 26 heavy (non-hydrogen) atoms. The number of aromatic nitrogens is 1. The van der Waals surface area contributed by atoms with Crippen molar-refractivity contribution in [2.24, 2.45) is 0 Å². The van der Waals surface area contributed by atoms with Crippen LogP contribution in [-0.2, 0) is 16.0 Å². The number of methoxy groups -OCH3 is 1. The third kappa shape index (κ3) is 4.67. The van der Waals surface area contributed by atoms with E-state index >= 15 is 0 Å². The smallest absolute Gasteiger partial charge is 0.305 e. The molecule has 0 radical (unpaired) electrons. The van der Waals surface area contributed by atoms with Gasteiger partial charge in [0.25, 0.3) is 5.91 Å². The second-order valence-electron chi connectivity index (χ2n) is 5.89. The summed E-state index contributed by atoms with van der Waals surface area (Å²) >= 11 is 1.62. The number of rotatable bonds is 7. The van der Waals surface area contributed by atoms with Gasteiger partial charge in [0.15, 0.2) is 0 Å². The monoisotopic (exact) mass is 368 g/mol. The average molecular weight is 368 g/mol. The van der Waals surface area contributed by atoms with Crippen LogP contribution in [0.25, 0.3) is 10.2 Å². The second-order valence-corrected chi connectivity index (χ2v) is 7.01. The summed E-state index contributed by atoms with van der Waals surface area (Å²) in [6.07, 6.45) is 2.96. The minimum Gasteiger partial charge on any atom is -0.469 e. The van der Waals surface area contributed by atoms with Crippen molar-refractivity contribution in [1.29, 1.82) is 0 Å². The van der Waals surface area contributed by atoms with Crippen LogP contribution in [0.2, 0.25) is 0 Å². The van der Waals surface area contributed by atoms with Gasteiger partial charge in [-0.25, -0.2) is 4.98 Å². The molecule has 1 aromatic heterocycles. The van der Waals surface area contributed by atoms with Crippen LogP contribution in [0.15, 0.2) is 48.5 Å². The highest BCUT2D eigenvalue weighted by atomic mass is 32.1. The number of hydrogen-bond donors (Lipinski definition) is 1. The first kappa shape index (κ1) is 18.1. The van der Waals surface area contributed by atoms with Crippen LogP contribution in [0.1, 0.15) is 34.6 Å². The number of amides is 1. The molecule has 0 bridgehead atoms. The van der Waals surface area contributed by atoms with Crippen LogP contribution in [-0.4, -0.2) is 24.0 Å². The number of nitrogens with zero attached hydrogens (tertiary/aromatic N) is 1. The van der Waals surface area contributed by atoms with Crippen LogP contribution < -0.4 is 5.32 Å². The molecule has 0 aliphatic heterocycles. The van der Waals surface area contributed by atoms with Gasteiger partial charge in [0.05, 0.1) is 22.3 Å². The molecule has 0 spiro atoms. The molecular weight excluding hydrogens is 348 g/mol. The molecule has 0 aliphatic carbocycles. The normalized spacial score (nSPS) is 10.7. The number of nitrogens with one attached hydrogen (secondary N) is 1. The predicted octanol–water partition coefficient (Wildman–Crippen LogP) is 4.43. The lowest BCUT2D eigenvalue weighted by Gasteiger charge is -2.04. The Morgan fingerprint density at radius 3 is 2.69 bits per heavy atom. The van der Waals surface area contributed by atoms with Gasteiger partial charge in [-0.05, 0) is 49.6 Å². The highest BCUT2D eigenvalue weighted by molar-refractivity contribution is 7.18. The number of benzene rings is 2. The first-order valence-corrected chi connectivity index (χ1v) is 9.30. The molecule has 1 N–H and O–H groups in total. The van der Waals surface area contributed by atoms with E-state index in [0.29, 0.717) is 12.0 Å². The molecular formula is C20H20N2O3S. The molecule has 5 nitrogen and oxygen atoms in total. The van der Waals surface area contributed by atoms with Crippen molar-refractivity contribution in [3.05, 3.63) is 59.1 Å². The van der Waals surface area contributed by atoms with E-state index in [1.165, 1.54) is 7.11 Å². The molecule has 0 unspecified atom stereocenters. The lowest BCUT2D eigenvalue weighted by Crippen LogP contribution is -2.11. The molecule has 0 atom stereocenters. The zero-order valence-electron chi connectivity index (χ0n) is 14.5. The van der Waals surface area contributed by atoms with Crippen molar-refractivity contribution in [3.63, 3.8) is 0 Å². The summed E-state index contributed by atoms with van der Waals surface area (Å²) in [6.45, 7) is 0.